The number of aromatic nitrogens is 2. The smallest absolute Gasteiger partial charge is 0.207 e. The number of benzene rings is 1. The summed E-state index contributed by atoms with van der Waals surface area (Å²) < 4.78 is 2.10. The van der Waals surface area contributed by atoms with Crippen LogP contribution in [0.15, 0.2) is 30.6 Å². The molecule has 0 amide bonds. The van der Waals surface area contributed by atoms with Gasteiger partial charge in [-0.1, -0.05) is 19.4 Å². The molecule has 2 rings (SSSR count). The van der Waals surface area contributed by atoms with Crippen LogP contribution in [0.5, 0.6) is 0 Å². The molecule has 108 valence electrons. The van der Waals surface area contributed by atoms with Crippen molar-refractivity contribution in [1.82, 2.24) is 9.55 Å². The van der Waals surface area contributed by atoms with Gasteiger partial charge in [0, 0.05) is 38.7 Å². The number of imidazole rings is 1. The fourth-order valence-electron chi connectivity index (χ4n) is 2.25. The molecule has 1 aromatic heterocycles. The third-order valence-corrected chi connectivity index (χ3v) is 3.41. The van der Waals surface area contributed by atoms with Crippen molar-refractivity contribution in [2.24, 2.45) is 0 Å². The van der Waals surface area contributed by atoms with Gasteiger partial charge in [-0.25, -0.2) is 4.98 Å². The lowest BCUT2D eigenvalue weighted by molar-refractivity contribution is 0.823. The molecule has 0 saturated heterocycles. The summed E-state index contributed by atoms with van der Waals surface area (Å²) in [7, 11) is 4.14. The van der Waals surface area contributed by atoms with Crippen molar-refractivity contribution in [1.29, 1.82) is 0 Å². The Morgan fingerprint density at radius 3 is 2.80 bits per heavy atom. The number of anilines is 2. The molecule has 4 heteroatoms. The van der Waals surface area contributed by atoms with Crippen LogP contribution in [-0.2, 0) is 0 Å². The van der Waals surface area contributed by atoms with E-state index >= 15 is 0 Å². The van der Waals surface area contributed by atoms with E-state index < -0.39 is 0 Å². The van der Waals surface area contributed by atoms with E-state index in [4.69, 9.17) is 0 Å². The summed E-state index contributed by atoms with van der Waals surface area (Å²) in [6.07, 6.45) is 6.18. The van der Waals surface area contributed by atoms with E-state index in [1.54, 1.807) is 0 Å². The van der Waals surface area contributed by atoms with E-state index in [9.17, 15) is 0 Å². The molecule has 0 spiro atoms. The molecule has 0 aliphatic carbocycles. The van der Waals surface area contributed by atoms with Crippen LogP contribution in [0.3, 0.4) is 0 Å². The highest BCUT2D eigenvalue weighted by molar-refractivity contribution is 5.59. The first-order valence-electron chi connectivity index (χ1n) is 7.19. The standard InChI is InChI=1S/C16H24N4/c1-5-6-9-17-16-18-10-11-20(16)14-8-7-13(2)15(12-14)19(3)4/h7-8,10-12H,5-6,9H2,1-4H3,(H,17,18). The maximum atomic E-state index is 4.40. The first-order chi connectivity index (χ1) is 9.63. The summed E-state index contributed by atoms with van der Waals surface area (Å²) in [4.78, 5) is 6.54. The van der Waals surface area contributed by atoms with Gasteiger partial charge < -0.3 is 10.2 Å². The maximum absolute atomic E-state index is 4.40. The molecule has 0 saturated carbocycles. The summed E-state index contributed by atoms with van der Waals surface area (Å²) >= 11 is 0. The van der Waals surface area contributed by atoms with Gasteiger partial charge in [0.15, 0.2) is 0 Å². The molecule has 0 aliphatic rings. The largest absolute Gasteiger partial charge is 0.377 e. The van der Waals surface area contributed by atoms with Crippen molar-refractivity contribution in [3.63, 3.8) is 0 Å². The van der Waals surface area contributed by atoms with Gasteiger partial charge in [-0.3, -0.25) is 4.57 Å². The van der Waals surface area contributed by atoms with Crippen LogP contribution in [0.1, 0.15) is 25.3 Å². The quantitative estimate of drug-likeness (QED) is 0.818. The van der Waals surface area contributed by atoms with Crippen molar-refractivity contribution in [2.45, 2.75) is 26.7 Å². The Kier molecular flexibility index (Phi) is 4.66. The van der Waals surface area contributed by atoms with Gasteiger partial charge in [-0.05, 0) is 31.0 Å². The Hall–Kier alpha value is -1.97. The van der Waals surface area contributed by atoms with Crippen LogP contribution >= 0.6 is 0 Å². The van der Waals surface area contributed by atoms with Gasteiger partial charge >= 0.3 is 0 Å². The Balaban J connectivity index is 2.28. The van der Waals surface area contributed by atoms with E-state index in [0.717, 1.165) is 24.6 Å². The van der Waals surface area contributed by atoms with Crippen LogP contribution in [0.4, 0.5) is 11.6 Å². The molecule has 0 aliphatic heterocycles. The minimum absolute atomic E-state index is 0.909. The van der Waals surface area contributed by atoms with E-state index in [1.807, 2.05) is 12.4 Å². The normalized spacial score (nSPS) is 10.6. The summed E-state index contributed by atoms with van der Waals surface area (Å²) in [6.45, 7) is 5.28. The predicted octanol–water partition coefficient (Wildman–Crippen LogP) is 3.46. The number of nitrogens with zero attached hydrogens (tertiary/aromatic N) is 3. The number of hydrogen-bond acceptors (Lipinski definition) is 3. The summed E-state index contributed by atoms with van der Waals surface area (Å²) in [6, 6.07) is 6.48. The molecule has 0 bridgehead atoms. The molecular weight excluding hydrogens is 248 g/mol. The van der Waals surface area contributed by atoms with Gasteiger partial charge in [-0.2, -0.15) is 0 Å². The second-order valence-electron chi connectivity index (χ2n) is 5.27. The lowest BCUT2D eigenvalue weighted by Gasteiger charge is -2.18. The SMILES string of the molecule is CCCCNc1nccn1-c1ccc(C)c(N(C)C)c1. The number of nitrogens with one attached hydrogen (secondary N) is 1. The second kappa shape index (κ2) is 6.46. The molecule has 0 fully saturated rings. The molecule has 0 unspecified atom stereocenters. The number of unbranched alkanes of at least 4 members (excludes halogenated alkanes) is 1. The molecule has 20 heavy (non-hydrogen) atoms. The maximum Gasteiger partial charge on any atom is 0.207 e. The number of rotatable bonds is 6. The number of hydrogen-bond donors (Lipinski definition) is 1. The minimum atomic E-state index is 0.909. The average molecular weight is 272 g/mol. The predicted molar refractivity (Wildman–Crippen MR) is 86.0 cm³/mol. The summed E-state index contributed by atoms with van der Waals surface area (Å²) in [5.41, 5.74) is 3.64. The molecular formula is C16H24N4. The van der Waals surface area contributed by atoms with E-state index in [2.05, 4.69) is 65.9 Å². The third kappa shape index (κ3) is 3.13. The van der Waals surface area contributed by atoms with Crippen molar-refractivity contribution in [3.05, 3.63) is 36.2 Å². The fraction of sp³-hybridized carbons (Fsp3) is 0.438. The summed E-state index contributed by atoms with van der Waals surface area (Å²) in [5, 5.41) is 3.39. The third-order valence-electron chi connectivity index (χ3n) is 3.41. The van der Waals surface area contributed by atoms with Crippen molar-refractivity contribution < 1.29 is 0 Å². The van der Waals surface area contributed by atoms with Crippen LogP contribution < -0.4 is 10.2 Å². The fourth-order valence-corrected chi connectivity index (χ4v) is 2.25. The molecule has 0 radical (unpaired) electrons. The highest BCUT2D eigenvalue weighted by Gasteiger charge is 2.07. The van der Waals surface area contributed by atoms with Crippen LogP contribution in [-0.4, -0.2) is 30.2 Å². The Bertz CT molecular complexity index is 557. The van der Waals surface area contributed by atoms with Crippen molar-refractivity contribution in [2.75, 3.05) is 30.9 Å². The van der Waals surface area contributed by atoms with Crippen LogP contribution in [0, 0.1) is 6.92 Å². The molecule has 2 aromatic rings. The Morgan fingerprint density at radius 2 is 2.10 bits per heavy atom. The molecule has 4 nitrogen and oxygen atoms in total. The lowest BCUT2D eigenvalue weighted by Crippen LogP contribution is -2.12. The van der Waals surface area contributed by atoms with Gasteiger partial charge in [0.25, 0.3) is 0 Å². The van der Waals surface area contributed by atoms with E-state index in [-0.39, 0.29) is 0 Å². The first-order valence-corrected chi connectivity index (χ1v) is 7.19. The average Bonchev–Trinajstić information content (AvgIpc) is 2.88. The first kappa shape index (κ1) is 14.4. The topological polar surface area (TPSA) is 33.1 Å². The van der Waals surface area contributed by atoms with Gasteiger partial charge in [0.05, 0.1) is 5.69 Å². The monoisotopic (exact) mass is 272 g/mol. The Labute approximate surface area is 121 Å². The Morgan fingerprint density at radius 1 is 1.30 bits per heavy atom. The van der Waals surface area contributed by atoms with Crippen molar-refractivity contribution in [3.8, 4) is 5.69 Å². The zero-order chi connectivity index (χ0) is 14.5. The van der Waals surface area contributed by atoms with Gasteiger partial charge in [-0.15, -0.1) is 0 Å². The van der Waals surface area contributed by atoms with Crippen LogP contribution in [0.2, 0.25) is 0 Å². The van der Waals surface area contributed by atoms with Gasteiger partial charge in [0.2, 0.25) is 5.95 Å². The molecule has 1 heterocycles. The zero-order valence-electron chi connectivity index (χ0n) is 12.8. The molecule has 1 N–H and O–H groups in total. The van der Waals surface area contributed by atoms with Crippen molar-refractivity contribution >= 4 is 11.6 Å². The van der Waals surface area contributed by atoms with E-state index in [0.29, 0.717) is 0 Å². The second-order valence-corrected chi connectivity index (χ2v) is 5.27. The highest BCUT2D eigenvalue weighted by atomic mass is 15.2. The summed E-state index contributed by atoms with van der Waals surface area (Å²) in [5.74, 6) is 0.909. The van der Waals surface area contributed by atoms with E-state index in [1.165, 1.54) is 17.7 Å². The number of aryl methyl sites for hydroxylation is 1. The molecule has 0 atom stereocenters. The highest BCUT2D eigenvalue weighted by Crippen LogP contribution is 2.23. The van der Waals surface area contributed by atoms with Crippen LogP contribution in [0.25, 0.3) is 5.69 Å². The van der Waals surface area contributed by atoms with Gasteiger partial charge in [0.1, 0.15) is 0 Å². The minimum Gasteiger partial charge on any atom is -0.377 e. The molecule has 1 aromatic carbocycles. The zero-order valence-corrected chi connectivity index (χ0v) is 12.8. The lowest BCUT2D eigenvalue weighted by atomic mass is 10.1.